The molecular formula is C13H20N2O6. The molecule has 0 aliphatic carbocycles. The highest BCUT2D eigenvalue weighted by Crippen LogP contribution is 2.11. The SMILES string of the molecule is CCOC(=O)[C@H](C)C[C@H](NC(=O)[C@@H]1CCC(=O)N1)C(=O)O. The summed E-state index contributed by atoms with van der Waals surface area (Å²) in [6.45, 7) is 3.41. The quantitative estimate of drug-likeness (QED) is 0.541. The van der Waals surface area contributed by atoms with Gasteiger partial charge in [-0.2, -0.15) is 0 Å². The van der Waals surface area contributed by atoms with Crippen LogP contribution in [-0.2, 0) is 23.9 Å². The molecule has 3 atom stereocenters. The Labute approximate surface area is 122 Å². The third kappa shape index (κ3) is 5.05. The Balaban J connectivity index is 2.57. The minimum Gasteiger partial charge on any atom is -0.480 e. The van der Waals surface area contributed by atoms with Crippen molar-refractivity contribution in [1.82, 2.24) is 10.6 Å². The fourth-order valence-corrected chi connectivity index (χ4v) is 2.04. The maximum absolute atomic E-state index is 11.9. The highest BCUT2D eigenvalue weighted by Gasteiger charge is 2.32. The smallest absolute Gasteiger partial charge is 0.326 e. The normalized spacial score (nSPS) is 20.3. The summed E-state index contributed by atoms with van der Waals surface area (Å²) in [7, 11) is 0. The first kappa shape index (κ1) is 16.9. The molecule has 0 aromatic carbocycles. The van der Waals surface area contributed by atoms with Crippen LogP contribution >= 0.6 is 0 Å². The van der Waals surface area contributed by atoms with E-state index in [1.165, 1.54) is 6.92 Å². The minimum atomic E-state index is -1.23. The lowest BCUT2D eigenvalue weighted by Crippen LogP contribution is -2.49. The first-order valence-electron chi connectivity index (χ1n) is 6.84. The predicted molar refractivity (Wildman–Crippen MR) is 71.1 cm³/mol. The molecule has 8 heteroatoms. The molecule has 0 spiro atoms. The van der Waals surface area contributed by atoms with Crippen LogP contribution in [0.1, 0.15) is 33.1 Å². The molecule has 3 N–H and O–H groups in total. The molecule has 0 saturated carbocycles. The number of nitrogens with one attached hydrogen (secondary N) is 2. The van der Waals surface area contributed by atoms with Gasteiger partial charge in [0.1, 0.15) is 12.1 Å². The summed E-state index contributed by atoms with van der Waals surface area (Å²) in [6, 6.07) is -1.91. The number of hydrogen-bond donors (Lipinski definition) is 3. The van der Waals surface area contributed by atoms with E-state index in [0.29, 0.717) is 6.42 Å². The van der Waals surface area contributed by atoms with Gasteiger partial charge in [-0.3, -0.25) is 14.4 Å². The molecule has 0 aromatic rings. The van der Waals surface area contributed by atoms with Crippen molar-refractivity contribution < 1.29 is 29.0 Å². The number of carbonyl (C=O) groups is 4. The lowest BCUT2D eigenvalue weighted by Gasteiger charge is -2.19. The second-order valence-electron chi connectivity index (χ2n) is 4.95. The van der Waals surface area contributed by atoms with Gasteiger partial charge in [-0.15, -0.1) is 0 Å². The number of aliphatic carboxylic acids is 1. The second-order valence-corrected chi connectivity index (χ2v) is 4.95. The number of carboxylic acids is 1. The summed E-state index contributed by atoms with van der Waals surface area (Å²) < 4.78 is 4.80. The molecule has 8 nitrogen and oxygen atoms in total. The van der Waals surface area contributed by atoms with E-state index in [1.807, 2.05) is 0 Å². The van der Waals surface area contributed by atoms with E-state index >= 15 is 0 Å². The van der Waals surface area contributed by atoms with Gasteiger partial charge in [0, 0.05) is 6.42 Å². The Morgan fingerprint density at radius 2 is 2.14 bits per heavy atom. The molecule has 1 fully saturated rings. The van der Waals surface area contributed by atoms with E-state index in [9.17, 15) is 19.2 Å². The van der Waals surface area contributed by atoms with E-state index in [4.69, 9.17) is 9.84 Å². The fraction of sp³-hybridized carbons (Fsp3) is 0.692. The fourth-order valence-electron chi connectivity index (χ4n) is 2.04. The number of carbonyl (C=O) groups excluding carboxylic acids is 3. The van der Waals surface area contributed by atoms with Gasteiger partial charge in [0.25, 0.3) is 0 Å². The topological polar surface area (TPSA) is 122 Å². The van der Waals surface area contributed by atoms with Gasteiger partial charge in [0.2, 0.25) is 11.8 Å². The molecule has 1 aliphatic heterocycles. The van der Waals surface area contributed by atoms with Crippen molar-refractivity contribution in [3.05, 3.63) is 0 Å². The van der Waals surface area contributed by atoms with Crippen molar-refractivity contribution in [3.8, 4) is 0 Å². The van der Waals surface area contributed by atoms with Crippen LogP contribution in [0.2, 0.25) is 0 Å². The zero-order valence-corrected chi connectivity index (χ0v) is 12.0. The molecule has 1 aliphatic rings. The third-order valence-corrected chi connectivity index (χ3v) is 3.20. The molecule has 2 amide bonds. The van der Waals surface area contributed by atoms with E-state index < -0.39 is 35.8 Å². The van der Waals surface area contributed by atoms with Crippen LogP contribution in [0, 0.1) is 5.92 Å². The Morgan fingerprint density at radius 3 is 2.62 bits per heavy atom. The van der Waals surface area contributed by atoms with E-state index in [2.05, 4.69) is 10.6 Å². The standard InChI is InChI=1S/C13H20N2O6/c1-3-21-13(20)7(2)6-9(12(18)19)15-11(17)8-4-5-10(16)14-8/h7-9H,3-6H2,1-2H3,(H,14,16)(H,15,17)(H,18,19)/t7-,8+,9+/m1/s1. The molecule has 0 unspecified atom stereocenters. The number of rotatable bonds is 7. The van der Waals surface area contributed by atoms with Gasteiger partial charge in [-0.1, -0.05) is 6.92 Å². The summed E-state index contributed by atoms with van der Waals surface area (Å²) >= 11 is 0. The summed E-state index contributed by atoms with van der Waals surface area (Å²) in [4.78, 5) is 45.6. The second kappa shape index (κ2) is 7.61. The van der Waals surface area contributed by atoms with Crippen molar-refractivity contribution >= 4 is 23.8 Å². The lowest BCUT2D eigenvalue weighted by atomic mass is 10.0. The molecule has 1 rings (SSSR count). The monoisotopic (exact) mass is 300 g/mol. The molecule has 1 saturated heterocycles. The van der Waals surface area contributed by atoms with Gasteiger partial charge in [-0.05, 0) is 19.8 Å². The molecule has 1 heterocycles. The number of hydrogen-bond acceptors (Lipinski definition) is 5. The van der Waals surface area contributed by atoms with Crippen molar-refractivity contribution in [3.63, 3.8) is 0 Å². The Hall–Kier alpha value is -2.12. The van der Waals surface area contributed by atoms with Crippen LogP contribution in [-0.4, -0.2) is 47.6 Å². The molecular weight excluding hydrogens is 280 g/mol. The van der Waals surface area contributed by atoms with Gasteiger partial charge in [-0.25, -0.2) is 4.79 Å². The zero-order chi connectivity index (χ0) is 16.0. The lowest BCUT2D eigenvalue weighted by molar-refractivity contribution is -0.149. The number of ether oxygens (including phenoxy) is 1. The van der Waals surface area contributed by atoms with Crippen LogP contribution in [0.4, 0.5) is 0 Å². The maximum Gasteiger partial charge on any atom is 0.326 e. The van der Waals surface area contributed by atoms with Crippen molar-refractivity contribution in [2.24, 2.45) is 5.92 Å². The van der Waals surface area contributed by atoms with E-state index in [0.717, 1.165) is 0 Å². The maximum atomic E-state index is 11.9. The summed E-state index contributed by atoms with van der Waals surface area (Å²) in [5, 5.41) is 13.9. The van der Waals surface area contributed by atoms with E-state index in [1.54, 1.807) is 6.92 Å². The zero-order valence-electron chi connectivity index (χ0n) is 12.0. The van der Waals surface area contributed by atoms with Crippen molar-refractivity contribution in [1.29, 1.82) is 0 Å². The van der Waals surface area contributed by atoms with Gasteiger partial charge >= 0.3 is 11.9 Å². The Bertz CT molecular complexity index is 436. The van der Waals surface area contributed by atoms with Gasteiger partial charge in [0.05, 0.1) is 12.5 Å². The summed E-state index contributed by atoms with van der Waals surface area (Å²) in [6.07, 6.45) is 0.514. The predicted octanol–water partition coefficient (Wildman–Crippen LogP) is -0.576. The number of amides is 2. The van der Waals surface area contributed by atoms with Crippen LogP contribution < -0.4 is 10.6 Å². The van der Waals surface area contributed by atoms with Crippen LogP contribution in [0.5, 0.6) is 0 Å². The van der Waals surface area contributed by atoms with E-state index in [-0.39, 0.29) is 25.4 Å². The number of carboxylic acid groups (broad SMARTS) is 1. The highest BCUT2D eigenvalue weighted by atomic mass is 16.5. The Morgan fingerprint density at radius 1 is 1.48 bits per heavy atom. The largest absolute Gasteiger partial charge is 0.480 e. The summed E-state index contributed by atoms with van der Waals surface area (Å²) in [5.74, 6) is -3.17. The van der Waals surface area contributed by atoms with Crippen molar-refractivity contribution in [2.75, 3.05) is 6.61 Å². The third-order valence-electron chi connectivity index (χ3n) is 3.20. The van der Waals surface area contributed by atoms with Crippen molar-refractivity contribution in [2.45, 2.75) is 45.2 Å². The minimum absolute atomic E-state index is 0.0689. The first-order chi connectivity index (χ1) is 9.85. The Kier molecular flexibility index (Phi) is 6.13. The van der Waals surface area contributed by atoms with Gasteiger partial charge in [0.15, 0.2) is 0 Å². The van der Waals surface area contributed by atoms with Crippen LogP contribution in [0.15, 0.2) is 0 Å². The summed E-state index contributed by atoms with van der Waals surface area (Å²) in [5.41, 5.74) is 0. The number of esters is 1. The first-order valence-corrected chi connectivity index (χ1v) is 6.84. The molecule has 21 heavy (non-hydrogen) atoms. The average molecular weight is 300 g/mol. The highest BCUT2D eigenvalue weighted by molar-refractivity contribution is 5.92. The molecule has 0 radical (unpaired) electrons. The molecule has 0 aromatic heterocycles. The van der Waals surface area contributed by atoms with Crippen LogP contribution in [0.3, 0.4) is 0 Å². The molecule has 118 valence electrons. The van der Waals surface area contributed by atoms with Crippen LogP contribution in [0.25, 0.3) is 0 Å². The average Bonchev–Trinajstić information content (AvgIpc) is 2.84. The van der Waals surface area contributed by atoms with Gasteiger partial charge < -0.3 is 20.5 Å². The molecule has 0 bridgehead atoms.